The van der Waals surface area contributed by atoms with Crippen LogP contribution in [-0.4, -0.2) is 56.7 Å². The summed E-state index contributed by atoms with van der Waals surface area (Å²) in [5.41, 5.74) is 0. The fraction of sp³-hybridized carbons (Fsp3) is 0.600. The Morgan fingerprint density at radius 2 is 1.74 bits per heavy atom. The van der Waals surface area contributed by atoms with Crippen molar-refractivity contribution in [3.63, 3.8) is 0 Å². The molecule has 0 spiro atoms. The normalized spacial score (nSPS) is 11.3. The van der Waals surface area contributed by atoms with E-state index in [-0.39, 0.29) is 0 Å². The molecule has 0 aliphatic heterocycles. The van der Waals surface area contributed by atoms with Crippen LogP contribution in [0, 0.1) is 0 Å². The first kappa shape index (κ1) is 16.5. The molecular weight excluding hydrogens is 304 g/mol. The van der Waals surface area contributed by atoms with Gasteiger partial charge in [-0.3, -0.25) is 0 Å². The van der Waals surface area contributed by atoms with Gasteiger partial charge in [0.05, 0.1) is 0 Å². The molecular formula is C15H25BrN2O. The molecule has 3 nitrogen and oxygen atoms in total. The fourth-order valence-electron chi connectivity index (χ4n) is 1.86. The van der Waals surface area contributed by atoms with E-state index in [2.05, 4.69) is 46.7 Å². The summed E-state index contributed by atoms with van der Waals surface area (Å²) in [7, 11) is 4.24. The number of likely N-dealkylation sites (N-methyl/N-ethyl adjacent to an activating group) is 1. The van der Waals surface area contributed by atoms with Crippen molar-refractivity contribution in [3.8, 4) is 5.75 Å². The summed E-state index contributed by atoms with van der Waals surface area (Å²) in [5, 5.41) is 0. The number of ether oxygens (including phenoxy) is 1. The first-order valence-corrected chi connectivity index (χ1v) is 7.66. The van der Waals surface area contributed by atoms with Crippen LogP contribution < -0.4 is 4.74 Å². The SMILES string of the molecule is CCN(CCCN(C)C)CCOc1ccc(Br)cc1. The van der Waals surface area contributed by atoms with Crippen LogP contribution in [0.25, 0.3) is 0 Å². The maximum absolute atomic E-state index is 5.75. The van der Waals surface area contributed by atoms with Crippen LogP contribution in [-0.2, 0) is 0 Å². The lowest BCUT2D eigenvalue weighted by Crippen LogP contribution is -2.31. The van der Waals surface area contributed by atoms with Crippen LogP contribution >= 0.6 is 15.9 Å². The molecule has 108 valence electrons. The van der Waals surface area contributed by atoms with Crippen LogP contribution in [0.2, 0.25) is 0 Å². The molecule has 0 unspecified atom stereocenters. The lowest BCUT2D eigenvalue weighted by molar-refractivity contribution is 0.208. The van der Waals surface area contributed by atoms with Crippen LogP contribution in [0.5, 0.6) is 5.75 Å². The van der Waals surface area contributed by atoms with Gasteiger partial charge in [-0.15, -0.1) is 0 Å². The molecule has 0 aliphatic rings. The van der Waals surface area contributed by atoms with Crippen molar-refractivity contribution in [1.82, 2.24) is 9.80 Å². The molecule has 0 saturated heterocycles. The maximum Gasteiger partial charge on any atom is 0.119 e. The van der Waals surface area contributed by atoms with Gasteiger partial charge in [0.1, 0.15) is 12.4 Å². The summed E-state index contributed by atoms with van der Waals surface area (Å²) in [4.78, 5) is 4.66. The standard InChI is InChI=1S/C15H25BrN2O/c1-4-18(11-5-10-17(2)3)12-13-19-15-8-6-14(16)7-9-15/h6-9H,4-5,10-13H2,1-3H3. The number of hydrogen-bond donors (Lipinski definition) is 0. The summed E-state index contributed by atoms with van der Waals surface area (Å²) in [6.07, 6.45) is 1.21. The van der Waals surface area contributed by atoms with E-state index in [1.165, 1.54) is 6.42 Å². The molecule has 19 heavy (non-hydrogen) atoms. The second kappa shape index (κ2) is 9.34. The number of halogens is 1. The number of nitrogens with zero attached hydrogens (tertiary/aromatic N) is 2. The van der Waals surface area contributed by atoms with Gasteiger partial charge in [0, 0.05) is 11.0 Å². The molecule has 1 rings (SSSR count). The Kier molecular flexibility index (Phi) is 8.10. The van der Waals surface area contributed by atoms with Gasteiger partial charge in [-0.2, -0.15) is 0 Å². The Bertz CT molecular complexity index is 341. The summed E-state index contributed by atoms with van der Waals surface area (Å²) in [6.45, 7) is 7.30. The first-order valence-electron chi connectivity index (χ1n) is 6.87. The first-order chi connectivity index (χ1) is 9.11. The highest BCUT2D eigenvalue weighted by Crippen LogP contribution is 2.15. The Morgan fingerprint density at radius 3 is 2.32 bits per heavy atom. The lowest BCUT2D eigenvalue weighted by Gasteiger charge is -2.21. The third-order valence-electron chi connectivity index (χ3n) is 3.02. The monoisotopic (exact) mass is 328 g/mol. The van der Waals surface area contributed by atoms with E-state index in [0.29, 0.717) is 0 Å². The highest BCUT2D eigenvalue weighted by atomic mass is 79.9. The average Bonchev–Trinajstić information content (AvgIpc) is 2.39. The van der Waals surface area contributed by atoms with E-state index in [9.17, 15) is 0 Å². The smallest absolute Gasteiger partial charge is 0.119 e. The minimum Gasteiger partial charge on any atom is -0.492 e. The van der Waals surface area contributed by atoms with E-state index < -0.39 is 0 Å². The molecule has 0 aromatic heterocycles. The van der Waals surface area contributed by atoms with E-state index >= 15 is 0 Å². The van der Waals surface area contributed by atoms with Crippen molar-refractivity contribution >= 4 is 15.9 Å². The van der Waals surface area contributed by atoms with Crippen molar-refractivity contribution in [3.05, 3.63) is 28.7 Å². The van der Waals surface area contributed by atoms with Crippen molar-refractivity contribution in [1.29, 1.82) is 0 Å². The Morgan fingerprint density at radius 1 is 1.05 bits per heavy atom. The second-order valence-electron chi connectivity index (χ2n) is 4.89. The Labute approximate surface area is 125 Å². The summed E-state index contributed by atoms with van der Waals surface area (Å²) in [6, 6.07) is 7.99. The molecule has 0 bridgehead atoms. The highest BCUT2D eigenvalue weighted by Gasteiger charge is 2.03. The fourth-order valence-corrected chi connectivity index (χ4v) is 2.13. The van der Waals surface area contributed by atoms with Gasteiger partial charge in [0.15, 0.2) is 0 Å². The van der Waals surface area contributed by atoms with Crippen LogP contribution in [0.3, 0.4) is 0 Å². The van der Waals surface area contributed by atoms with E-state index in [0.717, 1.165) is 43.0 Å². The molecule has 0 atom stereocenters. The molecule has 0 saturated carbocycles. The number of benzene rings is 1. The Hall–Kier alpha value is -0.580. The third-order valence-corrected chi connectivity index (χ3v) is 3.55. The topological polar surface area (TPSA) is 15.7 Å². The molecule has 0 amide bonds. The van der Waals surface area contributed by atoms with Gasteiger partial charge < -0.3 is 14.5 Å². The molecule has 4 heteroatoms. The predicted molar refractivity (Wildman–Crippen MR) is 84.9 cm³/mol. The largest absolute Gasteiger partial charge is 0.492 e. The maximum atomic E-state index is 5.75. The summed E-state index contributed by atoms with van der Waals surface area (Å²) >= 11 is 3.42. The molecule has 1 aromatic rings. The van der Waals surface area contributed by atoms with Gasteiger partial charge in [0.2, 0.25) is 0 Å². The molecule has 0 aliphatic carbocycles. The zero-order chi connectivity index (χ0) is 14.1. The number of rotatable bonds is 9. The van der Waals surface area contributed by atoms with Crippen molar-refractivity contribution in [2.45, 2.75) is 13.3 Å². The van der Waals surface area contributed by atoms with E-state index in [1.807, 2.05) is 24.3 Å². The lowest BCUT2D eigenvalue weighted by atomic mass is 10.3. The van der Waals surface area contributed by atoms with Crippen LogP contribution in [0.4, 0.5) is 0 Å². The minimum absolute atomic E-state index is 0.747. The van der Waals surface area contributed by atoms with Gasteiger partial charge in [0.25, 0.3) is 0 Å². The molecule has 0 N–H and O–H groups in total. The van der Waals surface area contributed by atoms with Crippen molar-refractivity contribution < 1.29 is 4.74 Å². The van der Waals surface area contributed by atoms with Gasteiger partial charge in [-0.1, -0.05) is 22.9 Å². The summed E-state index contributed by atoms with van der Waals surface area (Å²) < 4.78 is 6.83. The zero-order valence-corrected chi connectivity index (χ0v) is 13.8. The minimum atomic E-state index is 0.747. The summed E-state index contributed by atoms with van der Waals surface area (Å²) in [5.74, 6) is 0.938. The number of hydrogen-bond acceptors (Lipinski definition) is 3. The van der Waals surface area contributed by atoms with Gasteiger partial charge in [-0.25, -0.2) is 0 Å². The molecule has 0 radical (unpaired) electrons. The second-order valence-corrected chi connectivity index (χ2v) is 5.81. The van der Waals surface area contributed by atoms with E-state index in [1.54, 1.807) is 0 Å². The third kappa shape index (κ3) is 7.55. The molecule has 0 fully saturated rings. The van der Waals surface area contributed by atoms with E-state index in [4.69, 9.17) is 4.74 Å². The molecule has 1 aromatic carbocycles. The van der Waals surface area contributed by atoms with Gasteiger partial charge >= 0.3 is 0 Å². The highest BCUT2D eigenvalue weighted by molar-refractivity contribution is 9.10. The van der Waals surface area contributed by atoms with Crippen molar-refractivity contribution in [2.75, 3.05) is 46.9 Å². The predicted octanol–water partition coefficient (Wildman–Crippen LogP) is 3.10. The zero-order valence-electron chi connectivity index (χ0n) is 12.2. The quantitative estimate of drug-likeness (QED) is 0.692. The van der Waals surface area contributed by atoms with Crippen LogP contribution in [0.1, 0.15) is 13.3 Å². The molecule has 0 heterocycles. The Balaban J connectivity index is 2.20. The van der Waals surface area contributed by atoms with Gasteiger partial charge in [-0.05, 0) is 64.4 Å². The average molecular weight is 329 g/mol. The van der Waals surface area contributed by atoms with Crippen LogP contribution in [0.15, 0.2) is 28.7 Å². The van der Waals surface area contributed by atoms with Crippen molar-refractivity contribution in [2.24, 2.45) is 0 Å².